The standard InChI is InChI=1S/C22H26F3N3O/c1-15(17-7-4-6-10-20(17)27(2)26)21(29)28-13-11-16(12-14-28)18-8-3-5-9-19(18)22(23,24)25/h3-10,15-16H,11-14,26H2,1-2H3. The van der Waals surface area contributed by atoms with Gasteiger partial charge in [-0.2, -0.15) is 13.2 Å². The zero-order valence-electron chi connectivity index (χ0n) is 16.6. The van der Waals surface area contributed by atoms with Crippen molar-refractivity contribution in [1.29, 1.82) is 0 Å². The number of benzene rings is 2. The zero-order valence-corrected chi connectivity index (χ0v) is 16.6. The highest BCUT2D eigenvalue weighted by atomic mass is 19.4. The molecule has 1 aliphatic heterocycles. The molecule has 1 atom stereocenters. The first-order chi connectivity index (χ1) is 13.7. The molecule has 4 nitrogen and oxygen atoms in total. The number of hydrogen-bond donors (Lipinski definition) is 1. The number of alkyl halides is 3. The summed E-state index contributed by atoms with van der Waals surface area (Å²) in [5, 5.41) is 1.49. The van der Waals surface area contributed by atoms with Gasteiger partial charge >= 0.3 is 6.18 Å². The first-order valence-electron chi connectivity index (χ1n) is 9.72. The Morgan fingerprint density at radius 2 is 1.69 bits per heavy atom. The molecule has 0 bridgehead atoms. The van der Waals surface area contributed by atoms with E-state index in [2.05, 4.69) is 0 Å². The Morgan fingerprint density at radius 3 is 2.31 bits per heavy atom. The second-order valence-electron chi connectivity index (χ2n) is 7.58. The van der Waals surface area contributed by atoms with Gasteiger partial charge in [0.15, 0.2) is 0 Å². The van der Waals surface area contributed by atoms with Crippen molar-refractivity contribution in [2.45, 2.75) is 37.8 Å². The van der Waals surface area contributed by atoms with Gasteiger partial charge in [-0.25, -0.2) is 5.84 Å². The van der Waals surface area contributed by atoms with Gasteiger partial charge in [-0.15, -0.1) is 0 Å². The lowest BCUT2D eigenvalue weighted by atomic mass is 9.85. The fraction of sp³-hybridized carbons (Fsp3) is 0.409. The molecule has 1 heterocycles. The maximum atomic E-state index is 13.3. The van der Waals surface area contributed by atoms with E-state index in [-0.39, 0.29) is 17.7 Å². The van der Waals surface area contributed by atoms with Gasteiger partial charge in [0, 0.05) is 20.1 Å². The average molecular weight is 405 g/mol. The molecule has 1 fully saturated rings. The Balaban J connectivity index is 1.71. The van der Waals surface area contributed by atoms with Crippen LogP contribution in [0.3, 0.4) is 0 Å². The molecule has 0 aromatic heterocycles. The summed E-state index contributed by atoms with van der Waals surface area (Å²) in [4.78, 5) is 14.8. The number of rotatable bonds is 4. The Bertz CT molecular complexity index is 858. The molecule has 2 aromatic rings. The minimum Gasteiger partial charge on any atom is -0.342 e. The molecular formula is C22H26F3N3O. The fourth-order valence-electron chi connectivity index (χ4n) is 4.10. The van der Waals surface area contributed by atoms with E-state index >= 15 is 0 Å². The number of carbonyl (C=O) groups excluding carboxylic acids is 1. The Hall–Kier alpha value is -2.54. The van der Waals surface area contributed by atoms with E-state index < -0.39 is 11.7 Å². The summed E-state index contributed by atoms with van der Waals surface area (Å²) < 4.78 is 40.0. The van der Waals surface area contributed by atoms with Crippen molar-refractivity contribution in [3.63, 3.8) is 0 Å². The van der Waals surface area contributed by atoms with Crippen LogP contribution in [0.5, 0.6) is 0 Å². The fourth-order valence-corrected chi connectivity index (χ4v) is 4.10. The van der Waals surface area contributed by atoms with Crippen LogP contribution in [0.2, 0.25) is 0 Å². The number of hydrogen-bond acceptors (Lipinski definition) is 3. The largest absolute Gasteiger partial charge is 0.416 e. The van der Waals surface area contributed by atoms with Crippen LogP contribution in [-0.2, 0) is 11.0 Å². The molecule has 0 spiro atoms. The van der Waals surface area contributed by atoms with E-state index in [1.807, 2.05) is 31.2 Å². The van der Waals surface area contributed by atoms with E-state index in [1.54, 1.807) is 24.1 Å². The molecule has 2 N–H and O–H groups in total. The minimum absolute atomic E-state index is 0.0261. The van der Waals surface area contributed by atoms with Crippen molar-refractivity contribution in [3.8, 4) is 0 Å². The number of anilines is 1. The highest BCUT2D eigenvalue weighted by Crippen LogP contribution is 2.39. The van der Waals surface area contributed by atoms with Crippen LogP contribution in [0, 0.1) is 0 Å². The SMILES string of the molecule is CC(C(=O)N1CCC(c2ccccc2C(F)(F)F)CC1)c1ccccc1N(C)N. The molecule has 0 radical (unpaired) electrons. The molecule has 3 rings (SSSR count). The van der Waals surface area contributed by atoms with E-state index in [0.29, 0.717) is 31.5 Å². The van der Waals surface area contributed by atoms with Crippen molar-refractivity contribution in [2.75, 3.05) is 25.1 Å². The van der Waals surface area contributed by atoms with Crippen LogP contribution in [0.4, 0.5) is 18.9 Å². The second kappa shape index (κ2) is 8.45. The van der Waals surface area contributed by atoms with E-state index in [9.17, 15) is 18.0 Å². The first-order valence-corrected chi connectivity index (χ1v) is 9.72. The lowest BCUT2D eigenvalue weighted by Crippen LogP contribution is -2.40. The number of likely N-dealkylation sites (tertiary alicyclic amines) is 1. The number of carbonyl (C=O) groups is 1. The molecule has 0 saturated carbocycles. The third-order valence-corrected chi connectivity index (χ3v) is 5.67. The van der Waals surface area contributed by atoms with E-state index in [0.717, 1.165) is 17.3 Å². The lowest BCUT2D eigenvalue weighted by Gasteiger charge is -2.35. The summed E-state index contributed by atoms with van der Waals surface area (Å²) in [5.74, 6) is 5.28. The number of nitrogens with zero attached hydrogens (tertiary/aromatic N) is 2. The van der Waals surface area contributed by atoms with Gasteiger partial charge in [-0.1, -0.05) is 36.4 Å². The molecular weight excluding hydrogens is 379 g/mol. The van der Waals surface area contributed by atoms with Crippen molar-refractivity contribution in [1.82, 2.24) is 4.90 Å². The minimum atomic E-state index is -4.37. The summed E-state index contributed by atoms with van der Waals surface area (Å²) in [5.41, 5.74) is 1.38. The Labute approximate surface area is 169 Å². The smallest absolute Gasteiger partial charge is 0.342 e. The van der Waals surface area contributed by atoms with Crippen molar-refractivity contribution in [3.05, 3.63) is 65.2 Å². The number of piperidine rings is 1. The number of para-hydroxylation sites is 1. The summed E-state index contributed by atoms with van der Waals surface area (Å²) in [6.45, 7) is 2.73. The predicted molar refractivity (Wildman–Crippen MR) is 107 cm³/mol. The molecule has 2 aromatic carbocycles. The summed E-state index contributed by atoms with van der Waals surface area (Å²) >= 11 is 0. The normalized spacial score (nSPS) is 16.6. The number of halogens is 3. The molecule has 1 aliphatic rings. The molecule has 0 aliphatic carbocycles. The zero-order chi connectivity index (χ0) is 21.2. The first kappa shape index (κ1) is 21.2. The molecule has 1 amide bonds. The monoisotopic (exact) mass is 405 g/mol. The van der Waals surface area contributed by atoms with Gasteiger partial charge in [0.2, 0.25) is 5.91 Å². The van der Waals surface area contributed by atoms with E-state index in [4.69, 9.17) is 5.84 Å². The Morgan fingerprint density at radius 1 is 1.10 bits per heavy atom. The topological polar surface area (TPSA) is 49.6 Å². The number of hydrazine groups is 1. The average Bonchev–Trinajstić information content (AvgIpc) is 2.72. The third kappa shape index (κ3) is 4.56. The molecule has 156 valence electrons. The molecule has 29 heavy (non-hydrogen) atoms. The van der Waals surface area contributed by atoms with Crippen LogP contribution < -0.4 is 10.9 Å². The molecule has 7 heteroatoms. The third-order valence-electron chi connectivity index (χ3n) is 5.67. The summed E-state index contributed by atoms with van der Waals surface area (Å²) in [6, 6.07) is 13.2. The van der Waals surface area contributed by atoms with E-state index in [1.165, 1.54) is 11.1 Å². The maximum Gasteiger partial charge on any atom is 0.416 e. The second-order valence-corrected chi connectivity index (χ2v) is 7.58. The summed E-state index contributed by atoms with van der Waals surface area (Å²) in [7, 11) is 1.72. The number of nitrogens with two attached hydrogens (primary N) is 1. The quantitative estimate of drug-likeness (QED) is 0.601. The van der Waals surface area contributed by atoms with Gasteiger partial charge < -0.3 is 9.91 Å². The van der Waals surface area contributed by atoms with Crippen LogP contribution in [0.25, 0.3) is 0 Å². The Kier molecular flexibility index (Phi) is 6.17. The van der Waals surface area contributed by atoms with Gasteiger partial charge in [-0.3, -0.25) is 4.79 Å². The maximum absolute atomic E-state index is 13.3. The highest BCUT2D eigenvalue weighted by Gasteiger charge is 2.36. The number of amides is 1. The van der Waals surface area contributed by atoms with Crippen molar-refractivity contribution >= 4 is 11.6 Å². The summed E-state index contributed by atoms with van der Waals surface area (Å²) in [6.07, 6.45) is -3.33. The molecule has 1 unspecified atom stereocenters. The lowest BCUT2D eigenvalue weighted by molar-refractivity contribution is -0.139. The van der Waals surface area contributed by atoms with Gasteiger partial charge in [0.25, 0.3) is 0 Å². The highest BCUT2D eigenvalue weighted by molar-refractivity contribution is 5.85. The van der Waals surface area contributed by atoms with Crippen LogP contribution >= 0.6 is 0 Å². The van der Waals surface area contributed by atoms with Gasteiger partial charge in [0.05, 0.1) is 17.2 Å². The van der Waals surface area contributed by atoms with Crippen LogP contribution in [0.1, 0.15) is 48.3 Å². The van der Waals surface area contributed by atoms with Crippen molar-refractivity contribution in [2.24, 2.45) is 5.84 Å². The molecule has 1 saturated heterocycles. The van der Waals surface area contributed by atoms with Crippen LogP contribution in [-0.4, -0.2) is 30.9 Å². The van der Waals surface area contributed by atoms with Crippen molar-refractivity contribution < 1.29 is 18.0 Å². The predicted octanol–water partition coefficient (Wildman–Crippen LogP) is 4.53. The van der Waals surface area contributed by atoms with Crippen LogP contribution in [0.15, 0.2) is 48.5 Å². The van der Waals surface area contributed by atoms with Gasteiger partial charge in [-0.05, 0) is 48.9 Å². The van der Waals surface area contributed by atoms with Gasteiger partial charge in [0.1, 0.15) is 0 Å².